The van der Waals surface area contributed by atoms with Gasteiger partial charge in [0, 0.05) is 14.1 Å². The summed E-state index contributed by atoms with van der Waals surface area (Å²) in [7, 11) is 2.91. The summed E-state index contributed by atoms with van der Waals surface area (Å²) in [4.78, 5) is 36.9. The van der Waals surface area contributed by atoms with Crippen molar-refractivity contribution >= 4 is 18.0 Å². The van der Waals surface area contributed by atoms with Gasteiger partial charge in [-0.2, -0.15) is 0 Å². The Kier molecular flexibility index (Phi) is 8.82. The molecule has 0 saturated heterocycles. The predicted octanol–water partition coefficient (Wildman–Crippen LogP) is 0.652. The number of amides is 2. The van der Waals surface area contributed by atoms with Gasteiger partial charge in [0.2, 0.25) is 5.91 Å². The Morgan fingerprint density at radius 2 is 1.75 bits per heavy atom. The van der Waals surface area contributed by atoms with Gasteiger partial charge in [0.15, 0.2) is 0 Å². The fraction of sp³-hybridized carbons (Fsp3) is 0.615. The largest absolute Gasteiger partial charge is 0.464 e. The Bertz CT molecular complexity index is 357. The zero-order valence-corrected chi connectivity index (χ0v) is 12.3. The Hall–Kier alpha value is -2.05. The number of carbonyl (C=O) groups is 3. The number of esters is 1. The fourth-order valence-corrected chi connectivity index (χ4v) is 1.17. The SMILES string of the molecule is C=CCOC(=O)N(C)CC(=O)N(C)CC(=O)OCCC. The third-order valence-corrected chi connectivity index (χ3v) is 2.27. The maximum Gasteiger partial charge on any atom is 0.410 e. The molecule has 0 saturated carbocycles. The molecule has 0 spiro atoms. The molecule has 0 atom stereocenters. The number of likely N-dealkylation sites (N-methyl/N-ethyl adjacent to an activating group) is 2. The lowest BCUT2D eigenvalue weighted by molar-refractivity contribution is -0.148. The highest BCUT2D eigenvalue weighted by atomic mass is 16.6. The van der Waals surface area contributed by atoms with Gasteiger partial charge in [-0.25, -0.2) is 4.79 Å². The average Bonchev–Trinajstić information content (AvgIpc) is 2.41. The Balaban J connectivity index is 4.14. The van der Waals surface area contributed by atoms with Gasteiger partial charge in [-0.3, -0.25) is 9.59 Å². The van der Waals surface area contributed by atoms with Crippen LogP contribution in [0.25, 0.3) is 0 Å². The van der Waals surface area contributed by atoms with Crippen LogP contribution in [0.5, 0.6) is 0 Å². The molecule has 2 amide bonds. The molecule has 0 aromatic carbocycles. The second kappa shape index (κ2) is 9.82. The van der Waals surface area contributed by atoms with Crippen LogP contribution in [0.3, 0.4) is 0 Å². The van der Waals surface area contributed by atoms with Crippen molar-refractivity contribution in [2.45, 2.75) is 13.3 Å². The first kappa shape index (κ1) is 17.9. The Morgan fingerprint density at radius 1 is 1.10 bits per heavy atom. The normalized spacial score (nSPS) is 9.55. The van der Waals surface area contributed by atoms with E-state index in [2.05, 4.69) is 6.58 Å². The number of carbonyl (C=O) groups excluding carboxylic acids is 3. The van der Waals surface area contributed by atoms with Gasteiger partial charge in [-0.1, -0.05) is 19.6 Å². The van der Waals surface area contributed by atoms with Crippen LogP contribution in [0.1, 0.15) is 13.3 Å². The van der Waals surface area contributed by atoms with E-state index in [1.54, 1.807) is 0 Å². The molecule has 0 bridgehead atoms. The number of hydrogen-bond acceptors (Lipinski definition) is 5. The van der Waals surface area contributed by atoms with E-state index in [1.807, 2.05) is 6.92 Å². The number of ether oxygens (including phenoxy) is 2. The summed E-state index contributed by atoms with van der Waals surface area (Å²) in [6.07, 6.45) is 1.53. The quantitative estimate of drug-likeness (QED) is 0.484. The first-order valence-corrected chi connectivity index (χ1v) is 6.30. The second-order valence-electron chi connectivity index (χ2n) is 4.19. The zero-order chi connectivity index (χ0) is 15.5. The summed E-state index contributed by atoms with van der Waals surface area (Å²) in [5, 5.41) is 0. The van der Waals surface area contributed by atoms with Gasteiger partial charge in [-0.15, -0.1) is 0 Å². The van der Waals surface area contributed by atoms with E-state index in [1.165, 1.54) is 25.1 Å². The van der Waals surface area contributed by atoms with Crippen LogP contribution in [-0.2, 0) is 19.1 Å². The summed E-state index contributed by atoms with van der Waals surface area (Å²) in [5.41, 5.74) is 0. The van der Waals surface area contributed by atoms with Crippen molar-refractivity contribution in [3.8, 4) is 0 Å². The maximum atomic E-state index is 11.8. The topological polar surface area (TPSA) is 76.2 Å². The Labute approximate surface area is 119 Å². The molecule has 7 heteroatoms. The minimum Gasteiger partial charge on any atom is -0.464 e. The van der Waals surface area contributed by atoms with Crippen molar-refractivity contribution < 1.29 is 23.9 Å². The number of nitrogens with zero attached hydrogens (tertiary/aromatic N) is 2. The van der Waals surface area contributed by atoms with E-state index in [0.29, 0.717) is 6.61 Å². The molecule has 0 aliphatic carbocycles. The molecule has 0 rings (SSSR count). The van der Waals surface area contributed by atoms with Crippen LogP contribution in [0.15, 0.2) is 12.7 Å². The number of hydrogen-bond donors (Lipinski definition) is 0. The maximum absolute atomic E-state index is 11.8. The summed E-state index contributed by atoms with van der Waals surface area (Å²) in [5.74, 6) is -0.851. The third-order valence-electron chi connectivity index (χ3n) is 2.27. The first-order chi connectivity index (χ1) is 9.42. The summed E-state index contributed by atoms with van der Waals surface area (Å²) in [6, 6.07) is 0. The van der Waals surface area contributed by atoms with Crippen LogP contribution in [-0.4, -0.2) is 68.2 Å². The molecule has 0 aromatic rings. The lowest BCUT2D eigenvalue weighted by Crippen LogP contribution is -2.41. The van der Waals surface area contributed by atoms with E-state index < -0.39 is 12.1 Å². The summed E-state index contributed by atoms with van der Waals surface area (Å²) >= 11 is 0. The Morgan fingerprint density at radius 3 is 2.30 bits per heavy atom. The molecular weight excluding hydrogens is 264 g/mol. The van der Waals surface area contributed by atoms with Gasteiger partial charge in [0.05, 0.1) is 6.61 Å². The molecule has 114 valence electrons. The van der Waals surface area contributed by atoms with E-state index in [9.17, 15) is 14.4 Å². The third kappa shape index (κ3) is 7.40. The summed E-state index contributed by atoms with van der Waals surface area (Å²) in [6.45, 7) is 5.39. The molecule has 0 heterocycles. The lowest BCUT2D eigenvalue weighted by atomic mass is 10.4. The van der Waals surface area contributed by atoms with Gasteiger partial charge in [0.25, 0.3) is 0 Å². The van der Waals surface area contributed by atoms with Crippen LogP contribution >= 0.6 is 0 Å². The molecule has 0 fully saturated rings. The van der Waals surface area contributed by atoms with Crippen LogP contribution in [0, 0.1) is 0 Å². The van der Waals surface area contributed by atoms with Crippen LogP contribution in [0.2, 0.25) is 0 Å². The highest BCUT2D eigenvalue weighted by Crippen LogP contribution is 1.95. The fourth-order valence-electron chi connectivity index (χ4n) is 1.17. The van der Waals surface area contributed by atoms with Crippen molar-refractivity contribution in [3.05, 3.63) is 12.7 Å². The highest BCUT2D eigenvalue weighted by molar-refractivity contribution is 5.85. The van der Waals surface area contributed by atoms with Gasteiger partial charge in [0.1, 0.15) is 19.7 Å². The van der Waals surface area contributed by atoms with Crippen molar-refractivity contribution in [2.75, 3.05) is 40.4 Å². The van der Waals surface area contributed by atoms with E-state index in [-0.39, 0.29) is 25.6 Å². The van der Waals surface area contributed by atoms with Crippen molar-refractivity contribution in [3.63, 3.8) is 0 Å². The molecule has 7 nitrogen and oxygen atoms in total. The van der Waals surface area contributed by atoms with E-state index in [4.69, 9.17) is 9.47 Å². The summed E-state index contributed by atoms with van der Waals surface area (Å²) < 4.78 is 9.64. The smallest absolute Gasteiger partial charge is 0.410 e. The number of rotatable bonds is 8. The van der Waals surface area contributed by atoms with Gasteiger partial charge < -0.3 is 19.3 Å². The van der Waals surface area contributed by atoms with Crippen LogP contribution < -0.4 is 0 Å². The standard InChI is InChI=1S/C13H22N2O5/c1-5-7-19-12(17)10-14(3)11(16)9-15(4)13(18)20-8-6-2/h6H,2,5,7-10H2,1,3-4H3. The average molecular weight is 286 g/mol. The van der Waals surface area contributed by atoms with Crippen molar-refractivity contribution in [1.82, 2.24) is 9.80 Å². The van der Waals surface area contributed by atoms with E-state index >= 15 is 0 Å². The van der Waals surface area contributed by atoms with Crippen molar-refractivity contribution in [2.24, 2.45) is 0 Å². The highest BCUT2D eigenvalue weighted by Gasteiger charge is 2.18. The molecule has 0 aliphatic rings. The molecule has 0 aromatic heterocycles. The monoisotopic (exact) mass is 286 g/mol. The molecule has 20 heavy (non-hydrogen) atoms. The molecular formula is C13H22N2O5. The predicted molar refractivity (Wildman–Crippen MR) is 73.1 cm³/mol. The zero-order valence-electron chi connectivity index (χ0n) is 12.3. The van der Waals surface area contributed by atoms with Crippen LogP contribution in [0.4, 0.5) is 4.79 Å². The minimum absolute atomic E-state index is 0.0799. The van der Waals surface area contributed by atoms with Gasteiger partial charge in [-0.05, 0) is 6.42 Å². The minimum atomic E-state index is -0.625. The molecule has 0 unspecified atom stereocenters. The van der Waals surface area contributed by atoms with E-state index in [0.717, 1.165) is 11.3 Å². The lowest BCUT2D eigenvalue weighted by Gasteiger charge is -2.20. The van der Waals surface area contributed by atoms with Crippen molar-refractivity contribution in [1.29, 1.82) is 0 Å². The molecule has 0 aliphatic heterocycles. The van der Waals surface area contributed by atoms with Gasteiger partial charge >= 0.3 is 12.1 Å². The molecule has 0 N–H and O–H groups in total. The molecule has 0 radical (unpaired) electrons. The second-order valence-corrected chi connectivity index (χ2v) is 4.19. The first-order valence-electron chi connectivity index (χ1n) is 6.30.